The third-order valence-corrected chi connectivity index (χ3v) is 7.01. The van der Waals surface area contributed by atoms with Crippen LogP contribution in [0.5, 0.6) is 0 Å². The highest BCUT2D eigenvalue weighted by molar-refractivity contribution is 5.98. The van der Waals surface area contributed by atoms with E-state index in [4.69, 9.17) is 5.21 Å². The van der Waals surface area contributed by atoms with E-state index in [0.717, 1.165) is 40.3 Å². The van der Waals surface area contributed by atoms with Crippen LogP contribution in [0.1, 0.15) is 53.8 Å². The van der Waals surface area contributed by atoms with Crippen LogP contribution in [0.4, 0.5) is 0 Å². The van der Waals surface area contributed by atoms with Crippen LogP contribution >= 0.6 is 0 Å². The minimum Gasteiger partial charge on any atom is -0.349 e. The predicted octanol–water partition coefficient (Wildman–Crippen LogP) is 4.51. The molecule has 0 aliphatic heterocycles. The molecule has 2 amide bonds. The predicted molar refractivity (Wildman–Crippen MR) is 131 cm³/mol. The van der Waals surface area contributed by atoms with Gasteiger partial charge >= 0.3 is 0 Å². The topological polar surface area (TPSA) is 96.2 Å². The van der Waals surface area contributed by atoms with Crippen molar-refractivity contribution in [3.8, 4) is 0 Å². The number of pyridine rings is 1. The summed E-state index contributed by atoms with van der Waals surface area (Å²) in [5.74, 6) is -1.05. The average molecular weight is 457 g/mol. The third-order valence-electron chi connectivity index (χ3n) is 7.01. The Kier molecular flexibility index (Phi) is 5.79. The summed E-state index contributed by atoms with van der Waals surface area (Å²) in [5, 5.41) is 14.1. The zero-order valence-electron chi connectivity index (χ0n) is 19.3. The summed E-state index contributed by atoms with van der Waals surface area (Å²) in [4.78, 5) is 29.5. The van der Waals surface area contributed by atoms with E-state index in [1.54, 1.807) is 5.48 Å². The Balaban J connectivity index is 1.42. The maximum atomic E-state index is 12.9. The first kappa shape index (κ1) is 22.1. The molecule has 7 heteroatoms. The first-order chi connectivity index (χ1) is 16.5. The lowest BCUT2D eigenvalue weighted by Crippen LogP contribution is -2.43. The number of hydrogen-bond donors (Lipinski definition) is 3. The molecule has 34 heavy (non-hydrogen) atoms. The van der Waals surface area contributed by atoms with Crippen LogP contribution in [0, 0.1) is 12.8 Å². The minimum atomic E-state index is -0.441. The number of carbonyl (C=O) groups is 2. The van der Waals surface area contributed by atoms with Crippen molar-refractivity contribution in [2.24, 2.45) is 5.92 Å². The van der Waals surface area contributed by atoms with Gasteiger partial charge in [-0.1, -0.05) is 24.6 Å². The number of nitrogens with zero attached hydrogens (tertiary/aromatic N) is 2. The first-order valence-electron chi connectivity index (χ1n) is 11.7. The van der Waals surface area contributed by atoms with Crippen LogP contribution in [0.3, 0.4) is 0 Å². The van der Waals surface area contributed by atoms with Crippen molar-refractivity contribution in [1.29, 1.82) is 0 Å². The molecule has 3 N–H and O–H groups in total. The van der Waals surface area contributed by atoms with Gasteiger partial charge < -0.3 is 9.88 Å². The molecule has 3 unspecified atom stereocenters. The molecule has 3 atom stereocenters. The normalized spacial score (nSPS) is 18.8. The van der Waals surface area contributed by atoms with Gasteiger partial charge in [0.25, 0.3) is 5.91 Å². The molecule has 0 saturated heterocycles. The first-order valence-corrected chi connectivity index (χ1v) is 11.7. The van der Waals surface area contributed by atoms with E-state index < -0.39 is 11.8 Å². The lowest BCUT2D eigenvalue weighted by atomic mass is 10.0. The highest BCUT2D eigenvalue weighted by Gasteiger charge is 2.34. The number of hydrogen-bond acceptors (Lipinski definition) is 4. The van der Waals surface area contributed by atoms with E-state index >= 15 is 0 Å². The Morgan fingerprint density at radius 2 is 1.94 bits per heavy atom. The molecule has 2 heterocycles. The molecular formula is C27H28N4O3. The third kappa shape index (κ3) is 3.92. The number of hydroxylamine groups is 1. The van der Waals surface area contributed by atoms with Crippen LogP contribution in [0.25, 0.3) is 21.8 Å². The zero-order chi connectivity index (χ0) is 23.8. The second kappa shape index (κ2) is 8.91. The molecule has 2 aromatic carbocycles. The Labute approximate surface area is 197 Å². The Bertz CT molecular complexity index is 1390. The van der Waals surface area contributed by atoms with Crippen LogP contribution in [-0.2, 0) is 4.79 Å². The van der Waals surface area contributed by atoms with E-state index in [-0.39, 0.29) is 18.0 Å². The van der Waals surface area contributed by atoms with Crippen molar-refractivity contribution in [2.45, 2.75) is 45.2 Å². The van der Waals surface area contributed by atoms with Gasteiger partial charge in [-0.15, -0.1) is 0 Å². The van der Waals surface area contributed by atoms with Gasteiger partial charge in [0.2, 0.25) is 5.91 Å². The van der Waals surface area contributed by atoms with Crippen LogP contribution in [0.15, 0.2) is 60.8 Å². The Morgan fingerprint density at radius 3 is 2.76 bits per heavy atom. The molecule has 0 bridgehead atoms. The monoisotopic (exact) mass is 456 g/mol. The van der Waals surface area contributed by atoms with Crippen LogP contribution < -0.4 is 10.8 Å². The lowest BCUT2D eigenvalue weighted by molar-refractivity contribution is -0.133. The lowest BCUT2D eigenvalue weighted by Gasteiger charge is -2.20. The molecule has 1 fully saturated rings. The molecule has 5 rings (SSSR count). The number of nitrogens with one attached hydrogen (secondary N) is 2. The van der Waals surface area contributed by atoms with Crippen molar-refractivity contribution in [3.05, 3.63) is 77.6 Å². The van der Waals surface area contributed by atoms with E-state index in [9.17, 15) is 9.59 Å². The van der Waals surface area contributed by atoms with Crippen molar-refractivity contribution >= 4 is 33.6 Å². The standard InChI is InChI=1S/C27H28N4O3/c1-16-14-22(20-6-3-4-8-23(20)28-16)17(2)31-13-12-18-15-19(10-11-25(18)31)26(32)29-24-9-5-7-21(24)27(33)30-34/h3-4,6,8,10-15,17,21,24,34H,5,7,9H2,1-2H3,(H,29,32)(H,30,33). The summed E-state index contributed by atoms with van der Waals surface area (Å²) in [7, 11) is 0. The fourth-order valence-electron chi connectivity index (χ4n) is 5.26. The maximum Gasteiger partial charge on any atom is 0.251 e. The van der Waals surface area contributed by atoms with Crippen LogP contribution in [-0.4, -0.2) is 32.6 Å². The highest BCUT2D eigenvalue weighted by atomic mass is 16.5. The van der Waals surface area contributed by atoms with Gasteiger partial charge in [-0.05, 0) is 68.7 Å². The number of benzene rings is 2. The van der Waals surface area contributed by atoms with Gasteiger partial charge in [-0.2, -0.15) is 0 Å². The highest BCUT2D eigenvalue weighted by Crippen LogP contribution is 2.31. The average Bonchev–Trinajstić information content (AvgIpc) is 3.49. The number of aromatic nitrogens is 2. The van der Waals surface area contributed by atoms with Gasteiger partial charge in [0.05, 0.1) is 17.5 Å². The van der Waals surface area contributed by atoms with Crippen molar-refractivity contribution in [2.75, 3.05) is 0 Å². The number of rotatable bonds is 5. The summed E-state index contributed by atoms with van der Waals surface area (Å²) in [6.07, 6.45) is 4.27. The number of amides is 2. The van der Waals surface area contributed by atoms with E-state index in [2.05, 4.69) is 40.1 Å². The molecule has 0 radical (unpaired) electrons. The quantitative estimate of drug-likeness (QED) is 0.304. The van der Waals surface area contributed by atoms with Crippen molar-refractivity contribution < 1.29 is 14.8 Å². The molecule has 174 valence electrons. The summed E-state index contributed by atoms with van der Waals surface area (Å²) in [6.45, 7) is 4.19. The molecule has 0 spiro atoms. The molecule has 1 saturated carbocycles. The van der Waals surface area contributed by atoms with E-state index in [0.29, 0.717) is 12.0 Å². The Morgan fingerprint density at radius 1 is 1.12 bits per heavy atom. The van der Waals surface area contributed by atoms with Crippen LogP contribution in [0.2, 0.25) is 0 Å². The number of fused-ring (bicyclic) bond motifs is 2. The smallest absolute Gasteiger partial charge is 0.251 e. The van der Waals surface area contributed by atoms with Gasteiger partial charge in [0, 0.05) is 39.8 Å². The van der Waals surface area contributed by atoms with Gasteiger partial charge in [-0.25, -0.2) is 5.48 Å². The van der Waals surface area contributed by atoms with Gasteiger partial charge in [0.15, 0.2) is 0 Å². The van der Waals surface area contributed by atoms with E-state index in [1.807, 2.05) is 49.4 Å². The van der Waals surface area contributed by atoms with E-state index in [1.165, 1.54) is 5.56 Å². The second-order valence-electron chi connectivity index (χ2n) is 9.14. The molecule has 1 aliphatic rings. The number of carbonyl (C=O) groups excluding carboxylic acids is 2. The van der Waals surface area contributed by atoms with Crippen molar-refractivity contribution in [3.63, 3.8) is 0 Å². The minimum absolute atomic E-state index is 0.0833. The summed E-state index contributed by atoms with van der Waals surface area (Å²) < 4.78 is 2.22. The fourth-order valence-corrected chi connectivity index (χ4v) is 5.26. The molecular weight excluding hydrogens is 428 g/mol. The number of para-hydroxylation sites is 1. The van der Waals surface area contributed by atoms with Gasteiger partial charge in [-0.3, -0.25) is 19.8 Å². The molecule has 1 aliphatic carbocycles. The van der Waals surface area contributed by atoms with Crippen molar-refractivity contribution in [1.82, 2.24) is 20.3 Å². The maximum absolute atomic E-state index is 12.9. The molecule has 7 nitrogen and oxygen atoms in total. The number of aryl methyl sites for hydroxylation is 1. The largest absolute Gasteiger partial charge is 0.349 e. The van der Waals surface area contributed by atoms with Gasteiger partial charge in [0.1, 0.15) is 0 Å². The SMILES string of the molecule is Cc1cc(C(C)n2ccc3cc(C(=O)NC4CCCC4C(=O)NO)ccc32)c2ccccc2n1. The second-order valence-corrected chi connectivity index (χ2v) is 9.14. The molecule has 2 aromatic heterocycles. The summed E-state index contributed by atoms with van der Waals surface area (Å²) in [5.41, 5.74) is 6.49. The fraction of sp³-hybridized carbons (Fsp3) is 0.296. The zero-order valence-corrected chi connectivity index (χ0v) is 19.3. The molecule has 4 aromatic rings. The Hall–Kier alpha value is -3.71. The summed E-state index contributed by atoms with van der Waals surface area (Å²) >= 11 is 0. The summed E-state index contributed by atoms with van der Waals surface area (Å²) in [6, 6.07) is 17.8.